The number of urea groups is 1. The molecule has 1 aliphatic rings. The van der Waals surface area contributed by atoms with E-state index in [0.29, 0.717) is 22.6 Å². The van der Waals surface area contributed by atoms with Crippen LogP contribution in [0, 0.1) is 11.7 Å². The molecule has 0 spiro atoms. The second-order valence-electron chi connectivity index (χ2n) is 5.15. The molecule has 0 heterocycles. The molecule has 0 bridgehead atoms. The van der Waals surface area contributed by atoms with Gasteiger partial charge in [0.2, 0.25) is 0 Å². The Kier molecular flexibility index (Phi) is 5.37. The summed E-state index contributed by atoms with van der Waals surface area (Å²) in [7, 11) is 0. The molecular weight excluding hydrogens is 327 g/mol. The lowest BCUT2D eigenvalue weighted by molar-refractivity contribution is 0.101. The van der Waals surface area contributed by atoms with Crippen molar-refractivity contribution in [3.63, 3.8) is 0 Å². The Morgan fingerprint density at radius 1 is 1.45 bits per heavy atom. The number of halogens is 2. The van der Waals surface area contributed by atoms with Crippen LogP contribution < -0.4 is 10.6 Å². The van der Waals surface area contributed by atoms with Gasteiger partial charge in [-0.05, 0) is 59.3 Å². The first-order chi connectivity index (χ1) is 9.54. The van der Waals surface area contributed by atoms with Crippen LogP contribution in [-0.2, 0) is 0 Å². The number of benzene rings is 1. The number of anilines is 1. The minimum atomic E-state index is -0.404. The van der Waals surface area contributed by atoms with E-state index in [1.807, 2.05) is 0 Å². The summed E-state index contributed by atoms with van der Waals surface area (Å²) in [5.41, 5.74) is 0.395. The molecule has 0 aliphatic heterocycles. The number of rotatable bonds is 3. The first-order valence-electron chi connectivity index (χ1n) is 6.72. The molecule has 1 aromatic carbocycles. The maximum absolute atomic E-state index is 13.1. The Labute approximate surface area is 125 Å². The smallest absolute Gasteiger partial charge is 0.319 e. The van der Waals surface area contributed by atoms with E-state index in [4.69, 9.17) is 0 Å². The monoisotopic (exact) mass is 344 g/mol. The molecule has 2 unspecified atom stereocenters. The minimum absolute atomic E-state index is 0.254. The lowest BCUT2D eigenvalue weighted by Gasteiger charge is -2.25. The van der Waals surface area contributed by atoms with Crippen molar-refractivity contribution in [1.82, 2.24) is 5.32 Å². The summed E-state index contributed by atoms with van der Waals surface area (Å²) in [6.45, 7) is 0.524. The first-order valence-corrected chi connectivity index (χ1v) is 7.52. The third-order valence-electron chi connectivity index (χ3n) is 3.48. The number of carbonyl (C=O) groups excluding carboxylic acids is 1. The van der Waals surface area contributed by atoms with Gasteiger partial charge in [-0.15, -0.1) is 0 Å². The summed E-state index contributed by atoms with van der Waals surface area (Å²) in [4.78, 5) is 11.8. The molecule has 4 nitrogen and oxygen atoms in total. The molecule has 1 fully saturated rings. The van der Waals surface area contributed by atoms with Crippen LogP contribution in [0.1, 0.15) is 25.7 Å². The average Bonchev–Trinajstić information content (AvgIpc) is 2.41. The van der Waals surface area contributed by atoms with E-state index in [1.54, 1.807) is 6.07 Å². The summed E-state index contributed by atoms with van der Waals surface area (Å²) in [6, 6.07) is 3.75. The van der Waals surface area contributed by atoms with Crippen molar-refractivity contribution in [2.75, 3.05) is 11.9 Å². The van der Waals surface area contributed by atoms with Crippen LogP contribution in [0.25, 0.3) is 0 Å². The molecule has 1 aromatic rings. The quantitative estimate of drug-likeness (QED) is 0.788. The van der Waals surface area contributed by atoms with Gasteiger partial charge < -0.3 is 15.7 Å². The van der Waals surface area contributed by atoms with Crippen molar-refractivity contribution >= 4 is 27.6 Å². The summed E-state index contributed by atoms with van der Waals surface area (Å²) in [6.07, 6.45) is 3.32. The van der Waals surface area contributed by atoms with Gasteiger partial charge in [0.15, 0.2) is 0 Å². The van der Waals surface area contributed by atoms with Crippen molar-refractivity contribution < 1.29 is 14.3 Å². The number of hydrogen-bond acceptors (Lipinski definition) is 2. The van der Waals surface area contributed by atoms with Gasteiger partial charge >= 0.3 is 6.03 Å². The van der Waals surface area contributed by atoms with Gasteiger partial charge in [-0.25, -0.2) is 9.18 Å². The van der Waals surface area contributed by atoms with Crippen LogP contribution in [-0.4, -0.2) is 23.8 Å². The van der Waals surface area contributed by atoms with Gasteiger partial charge in [0.25, 0.3) is 0 Å². The molecule has 20 heavy (non-hydrogen) atoms. The van der Waals surface area contributed by atoms with Crippen molar-refractivity contribution in [3.05, 3.63) is 28.5 Å². The predicted octanol–water partition coefficient (Wildman–Crippen LogP) is 3.26. The standard InChI is InChI=1S/C14H18BrFN2O2/c15-12-5-4-10(16)7-13(12)18-14(20)17-8-9-2-1-3-11(19)6-9/h4-5,7,9,11,19H,1-3,6,8H2,(H2,17,18,20). The summed E-state index contributed by atoms with van der Waals surface area (Å²) >= 11 is 3.25. The topological polar surface area (TPSA) is 61.4 Å². The molecule has 1 saturated carbocycles. The lowest BCUT2D eigenvalue weighted by atomic mass is 9.87. The molecule has 6 heteroatoms. The lowest BCUT2D eigenvalue weighted by Crippen LogP contribution is -2.35. The third kappa shape index (κ3) is 4.45. The number of amides is 2. The van der Waals surface area contributed by atoms with Crippen LogP contribution in [0.3, 0.4) is 0 Å². The molecule has 0 radical (unpaired) electrons. The van der Waals surface area contributed by atoms with Crippen LogP contribution in [0.2, 0.25) is 0 Å². The van der Waals surface area contributed by atoms with Gasteiger partial charge in [0.05, 0.1) is 11.8 Å². The average molecular weight is 345 g/mol. The van der Waals surface area contributed by atoms with Gasteiger partial charge in [0, 0.05) is 11.0 Å². The number of aliphatic hydroxyl groups excluding tert-OH is 1. The van der Waals surface area contributed by atoms with Gasteiger partial charge in [0.1, 0.15) is 5.82 Å². The molecule has 2 atom stereocenters. The predicted molar refractivity (Wildman–Crippen MR) is 79.1 cm³/mol. The zero-order valence-electron chi connectivity index (χ0n) is 11.0. The highest BCUT2D eigenvalue weighted by Crippen LogP contribution is 2.24. The minimum Gasteiger partial charge on any atom is -0.393 e. The first kappa shape index (κ1) is 15.3. The normalized spacial score (nSPS) is 22.4. The number of carbonyl (C=O) groups is 1. The fraction of sp³-hybridized carbons (Fsp3) is 0.500. The molecular formula is C14H18BrFN2O2. The third-order valence-corrected chi connectivity index (χ3v) is 4.17. The van der Waals surface area contributed by atoms with E-state index >= 15 is 0 Å². The zero-order chi connectivity index (χ0) is 14.5. The van der Waals surface area contributed by atoms with Crippen molar-refractivity contribution in [2.24, 2.45) is 5.92 Å². The van der Waals surface area contributed by atoms with E-state index in [0.717, 1.165) is 25.7 Å². The Morgan fingerprint density at radius 2 is 2.25 bits per heavy atom. The van der Waals surface area contributed by atoms with E-state index in [1.165, 1.54) is 12.1 Å². The number of aliphatic hydroxyl groups is 1. The molecule has 110 valence electrons. The van der Waals surface area contributed by atoms with E-state index < -0.39 is 5.82 Å². The SMILES string of the molecule is O=C(NCC1CCCC(O)C1)Nc1cc(F)ccc1Br. The second kappa shape index (κ2) is 7.04. The van der Waals surface area contributed by atoms with E-state index in [9.17, 15) is 14.3 Å². The van der Waals surface area contributed by atoms with Crippen LogP contribution in [0.5, 0.6) is 0 Å². The summed E-state index contributed by atoms with van der Waals surface area (Å²) in [5.74, 6) is -0.0978. The van der Waals surface area contributed by atoms with Crippen LogP contribution in [0.15, 0.2) is 22.7 Å². The molecule has 0 aromatic heterocycles. The second-order valence-corrected chi connectivity index (χ2v) is 6.00. The Balaban J connectivity index is 1.82. The number of nitrogens with one attached hydrogen (secondary N) is 2. The Hall–Kier alpha value is -1.14. The maximum Gasteiger partial charge on any atom is 0.319 e. The van der Waals surface area contributed by atoms with E-state index in [2.05, 4.69) is 26.6 Å². The number of hydrogen-bond donors (Lipinski definition) is 3. The van der Waals surface area contributed by atoms with Gasteiger partial charge in [-0.1, -0.05) is 6.42 Å². The molecule has 2 rings (SSSR count). The Morgan fingerprint density at radius 3 is 3.00 bits per heavy atom. The zero-order valence-corrected chi connectivity index (χ0v) is 12.6. The van der Waals surface area contributed by atoms with Crippen LogP contribution in [0.4, 0.5) is 14.9 Å². The van der Waals surface area contributed by atoms with Gasteiger partial charge in [-0.3, -0.25) is 0 Å². The molecule has 0 saturated heterocycles. The molecule has 2 amide bonds. The molecule has 1 aliphatic carbocycles. The van der Waals surface area contributed by atoms with Crippen molar-refractivity contribution in [1.29, 1.82) is 0 Å². The fourth-order valence-electron chi connectivity index (χ4n) is 2.44. The summed E-state index contributed by atoms with van der Waals surface area (Å²) < 4.78 is 13.7. The van der Waals surface area contributed by atoms with Crippen molar-refractivity contribution in [3.8, 4) is 0 Å². The largest absolute Gasteiger partial charge is 0.393 e. The fourth-order valence-corrected chi connectivity index (χ4v) is 2.79. The Bertz CT molecular complexity index is 484. The van der Waals surface area contributed by atoms with Crippen molar-refractivity contribution in [2.45, 2.75) is 31.8 Å². The highest BCUT2D eigenvalue weighted by molar-refractivity contribution is 9.10. The van der Waals surface area contributed by atoms with E-state index in [-0.39, 0.29) is 12.1 Å². The maximum atomic E-state index is 13.1. The van der Waals surface area contributed by atoms with Gasteiger partial charge in [-0.2, -0.15) is 0 Å². The highest BCUT2D eigenvalue weighted by atomic mass is 79.9. The highest BCUT2D eigenvalue weighted by Gasteiger charge is 2.20. The molecule has 3 N–H and O–H groups in total. The van der Waals surface area contributed by atoms with Crippen LogP contribution >= 0.6 is 15.9 Å². The summed E-state index contributed by atoms with van der Waals surface area (Å²) in [5, 5.41) is 14.9.